The summed E-state index contributed by atoms with van der Waals surface area (Å²) in [5.74, 6) is 0.874. The molecule has 0 spiro atoms. The quantitative estimate of drug-likeness (QED) is 0.635. The number of rotatable bonds is 6. The molecule has 0 saturated carbocycles. The maximum absolute atomic E-state index is 5.80. The third-order valence-electron chi connectivity index (χ3n) is 3.62. The molecular weight excluding hydrogens is 256 g/mol. The molecule has 1 heterocycles. The Morgan fingerprint density at radius 3 is 2.63 bits per heavy atom. The van der Waals surface area contributed by atoms with Crippen molar-refractivity contribution in [3.63, 3.8) is 0 Å². The van der Waals surface area contributed by atoms with Crippen LogP contribution in [0.15, 0.2) is 36.4 Å². The van der Waals surface area contributed by atoms with Gasteiger partial charge in [0.05, 0.1) is 13.2 Å². The number of hydrogen-bond donors (Lipinski definition) is 1. The van der Waals surface area contributed by atoms with E-state index in [1.165, 1.54) is 5.56 Å². The van der Waals surface area contributed by atoms with E-state index in [9.17, 15) is 0 Å². The Kier molecular flexibility index (Phi) is 5.95. The number of ether oxygens (including phenoxy) is 2. The van der Waals surface area contributed by atoms with Gasteiger partial charge in [0.25, 0.3) is 0 Å². The van der Waals surface area contributed by atoms with Crippen molar-refractivity contribution in [1.29, 1.82) is 0 Å². The predicted octanol–water partition coefficient (Wildman–Crippen LogP) is 3.44. The molecule has 0 radical (unpaired) electrons. The highest BCUT2D eigenvalue weighted by Gasteiger charge is 2.31. The van der Waals surface area contributed by atoms with Gasteiger partial charge < -0.3 is 9.47 Å². The molecule has 1 aliphatic rings. The molecule has 0 bridgehead atoms. The van der Waals surface area contributed by atoms with E-state index in [1.807, 2.05) is 18.2 Å². The van der Waals surface area contributed by atoms with Crippen LogP contribution in [-0.4, -0.2) is 32.2 Å². The Balaban J connectivity index is 1.72. The molecule has 2 nitrogen and oxygen atoms in total. The predicted molar refractivity (Wildman–Crippen MR) is 82.6 cm³/mol. The third kappa shape index (κ3) is 4.68. The summed E-state index contributed by atoms with van der Waals surface area (Å²) in [6, 6.07) is 10.3. The molecule has 2 rings (SSSR count). The van der Waals surface area contributed by atoms with Gasteiger partial charge in [0, 0.05) is 18.6 Å². The summed E-state index contributed by atoms with van der Waals surface area (Å²) >= 11 is 4.48. The van der Waals surface area contributed by atoms with E-state index in [0.29, 0.717) is 6.61 Å². The molecular formula is C16H22O2S. The molecule has 0 aromatic heterocycles. The van der Waals surface area contributed by atoms with Crippen molar-refractivity contribution in [1.82, 2.24) is 0 Å². The van der Waals surface area contributed by atoms with Crippen LogP contribution in [0.25, 0.3) is 6.08 Å². The van der Waals surface area contributed by atoms with Gasteiger partial charge in [0.15, 0.2) is 0 Å². The lowest BCUT2D eigenvalue weighted by Crippen LogP contribution is -2.35. The summed E-state index contributed by atoms with van der Waals surface area (Å²) in [5, 5.41) is 0. The van der Waals surface area contributed by atoms with Gasteiger partial charge in [0.1, 0.15) is 0 Å². The normalized spacial score (nSPS) is 18.8. The second-order valence-electron chi connectivity index (χ2n) is 5.10. The topological polar surface area (TPSA) is 18.5 Å². The lowest BCUT2D eigenvalue weighted by Gasteiger charge is -2.35. The highest BCUT2D eigenvalue weighted by Crippen LogP contribution is 2.31. The van der Waals surface area contributed by atoms with Crippen LogP contribution in [0.2, 0.25) is 0 Å². The summed E-state index contributed by atoms with van der Waals surface area (Å²) in [6.07, 6.45) is 6.27. The Hall–Kier alpha value is -0.770. The molecule has 0 N–H and O–H groups in total. The van der Waals surface area contributed by atoms with Gasteiger partial charge >= 0.3 is 0 Å². The average molecular weight is 278 g/mol. The largest absolute Gasteiger partial charge is 0.381 e. The van der Waals surface area contributed by atoms with Gasteiger partial charge in [-0.15, -0.1) is 0 Å². The van der Waals surface area contributed by atoms with Gasteiger partial charge in [-0.3, -0.25) is 0 Å². The zero-order chi connectivity index (χ0) is 13.4. The zero-order valence-electron chi connectivity index (χ0n) is 11.3. The molecule has 0 amide bonds. The first-order chi connectivity index (χ1) is 9.35. The van der Waals surface area contributed by atoms with Crippen LogP contribution >= 0.6 is 12.6 Å². The van der Waals surface area contributed by atoms with Crippen molar-refractivity contribution in [2.45, 2.75) is 12.8 Å². The lowest BCUT2D eigenvalue weighted by atomic mass is 9.83. The summed E-state index contributed by atoms with van der Waals surface area (Å²) in [7, 11) is 0. The van der Waals surface area contributed by atoms with Crippen molar-refractivity contribution in [3.05, 3.63) is 42.0 Å². The minimum atomic E-state index is 0.210. The van der Waals surface area contributed by atoms with Gasteiger partial charge in [0.2, 0.25) is 0 Å². The monoisotopic (exact) mass is 278 g/mol. The van der Waals surface area contributed by atoms with Gasteiger partial charge in [-0.2, -0.15) is 12.6 Å². The molecule has 1 aromatic carbocycles. The summed E-state index contributed by atoms with van der Waals surface area (Å²) in [6.45, 7) is 3.11. The summed E-state index contributed by atoms with van der Waals surface area (Å²) in [4.78, 5) is 0. The molecule has 1 aliphatic heterocycles. The van der Waals surface area contributed by atoms with E-state index in [1.54, 1.807) is 0 Å². The second kappa shape index (κ2) is 7.73. The maximum atomic E-state index is 5.80. The van der Waals surface area contributed by atoms with E-state index in [2.05, 4.69) is 36.9 Å². The highest BCUT2D eigenvalue weighted by atomic mass is 32.1. The summed E-state index contributed by atoms with van der Waals surface area (Å²) < 4.78 is 11.2. The molecule has 104 valence electrons. The molecule has 1 aromatic rings. The van der Waals surface area contributed by atoms with E-state index in [4.69, 9.17) is 9.47 Å². The van der Waals surface area contributed by atoms with E-state index < -0.39 is 0 Å². The third-order valence-corrected chi connectivity index (χ3v) is 4.29. The van der Waals surface area contributed by atoms with Crippen molar-refractivity contribution < 1.29 is 9.47 Å². The van der Waals surface area contributed by atoms with Crippen LogP contribution in [0.3, 0.4) is 0 Å². The first kappa shape index (κ1) is 14.6. The standard InChI is InChI=1S/C16H22O2S/c19-14-16(8-11-17-12-9-16)13-18-10-4-7-15-5-2-1-3-6-15/h1-7,19H,8-14H2. The minimum absolute atomic E-state index is 0.210. The molecule has 19 heavy (non-hydrogen) atoms. The molecule has 1 fully saturated rings. The first-order valence-corrected chi connectivity index (χ1v) is 7.46. The Bertz CT molecular complexity index is 383. The van der Waals surface area contributed by atoms with Crippen LogP contribution in [0.5, 0.6) is 0 Å². The van der Waals surface area contributed by atoms with Crippen LogP contribution in [-0.2, 0) is 9.47 Å². The first-order valence-electron chi connectivity index (χ1n) is 6.83. The number of thiol groups is 1. The molecule has 1 saturated heterocycles. The van der Waals surface area contributed by atoms with Crippen molar-refractivity contribution in [2.24, 2.45) is 5.41 Å². The SMILES string of the molecule is SCC1(COCC=Cc2ccccc2)CCOCC1. The van der Waals surface area contributed by atoms with Crippen LogP contribution < -0.4 is 0 Å². The fourth-order valence-electron chi connectivity index (χ4n) is 2.24. The Labute approximate surface area is 121 Å². The minimum Gasteiger partial charge on any atom is -0.381 e. The molecule has 0 aliphatic carbocycles. The van der Waals surface area contributed by atoms with Crippen LogP contribution in [0.1, 0.15) is 18.4 Å². The average Bonchev–Trinajstić information content (AvgIpc) is 2.49. The fourth-order valence-corrected chi connectivity index (χ4v) is 2.65. The maximum Gasteiger partial charge on any atom is 0.0650 e. The van der Waals surface area contributed by atoms with Gasteiger partial charge in [-0.05, 0) is 24.2 Å². The molecule has 0 atom stereocenters. The van der Waals surface area contributed by atoms with Gasteiger partial charge in [-0.25, -0.2) is 0 Å². The lowest BCUT2D eigenvalue weighted by molar-refractivity contribution is -0.0212. The van der Waals surface area contributed by atoms with Crippen molar-refractivity contribution >= 4 is 18.7 Å². The fraction of sp³-hybridized carbons (Fsp3) is 0.500. The zero-order valence-corrected chi connectivity index (χ0v) is 12.1. The second-order valence-corrected chi connectivity index (χ2v) is 5.41. The highest BCUT2D eigenvalue weighted by molar-refractivity contribution is 7.80. The van der Waals surface area contributed by atoms with E-state index >= 15 is 0 Å². The van der Waals surface area contributed by atoms with E-state index in [0.717, 1.165) is 38.4 Å². The summed E-state index contributed by atoms with van der Waals surface area (Å²) in [5.41, 5.74) is 1.42. The number of hydrogen-bond acceptors (Lipinski definition) is 3. The number of benzene rings is 1. The van der Waals surface area contributed by atoms with Crippen molar-refractivity contribution in [2.75, 3.05) is 32.2 Å². The van der Waals surface area contributed by atoms with E-state index in [-0.39, 0.29) is 5.41 Å². The Morgan fingerprint density at radius 1 is 1.21 bits per heavy atom. The van der Waals surface area contributed by atoms with Crippen LogP contribution in [0.4, 0.5) is 0 Å². The molecule has 0 unspecified atom stereocenters. The Morgan fingerprint density at radius 2 is 1.95 bits per heavy atom. The smallest absolute Gasteiger partial charge is 0.0650 e. The van der Waals surface area contributed by atoms with Gasteiger partial charge in [-0.1, -0.05) is 42.5 Å². The van der Waals surface area contributed by atoms with Crippen molar-refractivity contribution in [3.8, 4) is 0 Å². The van der Waals surface area contributed by atoms with Crippen LogP contribution in [0, 0.1) is 5.41 Å². The molecule has 3 heteroatoms.